The molecule has 2 aromatic rings. The molecule has 26 heavy (non-hydrogen) atoms. The van der Waals surface area contributed by atoms with Crippen LogP contribution in [-0.2, 0) is 6.42 Å². The summed E-state index contributed by atoms with van der Waals surface area (Å²) in [6.45, 7) is 1.83. The van der Waals surface area contributed by atoms with Gasteiger partial charge in [0.25, 0.3) is 0 Å². The second-order valence-electron chi connectivity index (χ2n) is 6.42. The lowest BCUT2D eigenvalue weighted by Crippen LogP contribution is -2.38. The van der Waals surface area contributed by atoms with Gasteiger partial charge in [0.05, 0.1) is 10.0 Å². The first-order valence-corrected chi connectivity index (χ1v) is 9.34. The standard InChI is InChI=1S/C20H19Cl2FN2O/c21-16-5-4-13(10-17(16)22)11-20(14-6-8-25-9-7-14)26-19-3-1-2-18(23)15(19)12-24/h1-5,10,14,20,25H,6-9,11H2. The molecule has 1 unspecified atom stereocenters. The first kappa shape index (κ1) is 19.0. The van der Waals surface area contributed by atoms with Gasteiger partial charge in [-0.15, -0.1) is 0 Å². The fraction of sp³-hybridized carbons (Fsp3) is 0.350. The summed E-state index contributed by atoms with van der Waals surface area (Å²) in [6.07, 6.45) is 2.36. The van der Waals surface area contributed by atoms with Gasteiger partial charge in [-0.2, -0.15) is 5.26 Å². The van der Waals surface area contributed by atoms with Gasteiger partial charge in [0.1, 0.15) is 29.3 Å². The third-order valence-electron chi connectivity index (χ3n) is 4.70. The number of nitrogens with one attached hydrogen (secondary N) is 1. The number of halogens is 3. The van der Waals surface area contributed by atoms with Crippen molar-refractivity contribution in [1.29, 1.82) is 5.26 Å². The zero-order valence-electron chi connectivity index (χ0n) is 14.1. The highest BCUT2D eigenvalue weighted by atomic mass is 35.5. The van der Waals surface area contributed by atoms with Gasteiger partial charge in [0, 0.05) is 6.42 Å². The minimum Gasteiger partial charge on any atom is -0.488 e. The Labute approximate surface area is 162 Å². The summed E-state index contributed by atoms with van der Waals surface area (Å²) in [6, 6.07) is 11.9. The van der Waals surface area contributed by atoms with Crippen LogP contribution in [0.2, 0.25) is 10.0 Å². The Morgan fingerprint density at radius 3 is 2.65 bits per heavy atom. The van der Waals surface area contributed by atoms with Gasteiger partial charge in [-0.1, -0.05) is 35.3 Å². The summed E-state index contributed by atoms with van der Waals surface area (Å²) in [5.74, 6) is 0.0280. The SMILES string of the molecule is N#Cc1c(F)cccc1OC(Cc1ccc(Cl)c(Cl)c1)C1CCNCC1. The summed E-state index contributed by atoms with van der Waals surface area (Å²) in [5.41, 5.74) is 0.943. The van der Waals surface area contributed by atoms with Gasteiger partial charge in [-0.3, -0.25) is 0 Å². The summed E-state index contributed by atoms with van der Waals surface area (Å²) in [4.78, 5) is 0. The molecule has 3 rings (SSSR count). The molecule has 0 amide bonds. The van der Waals surface area contributed by atoms with Gasteiger partial charge >= 0.3 is 0 Å². The van der Waals surface area contributed by atoms with Crippen LogP contribution in [0.3, 0.4) is 0 Å². The second kappa shape index (κ2) is 8.73. The van der Waals surface area contributed by atoms with Crippen molar-refractivity contribution in [3.05, 3.63) is 63.4 Å². The highest BCUT2D eigenvalue weighted by Gasteiger charge is 2.27. The Morgan fingerprint density at radius 1 is 1.19 bits per heavy atom. The topological polar surface area (TPSA) is 45.0 Å². The molecule has 6 heteroatoms. The number of benzene rings is 2. The van der Waals surface area contributed by atoms with Gasteiger partial charge in [0.2, 0.25) is 0 Å². The Kier molecular flexibility index (Phi) is 6.37. The van der Waals surface area contributed by atoms with E-state index in [-0.39, 0.29) is 17.4 Å². The third-order valence-corrected chi connectivity index (χ3v) is 5.44. The van der Waals surface area contributed by atoms with E-state index >= 15 is 0 Å². The molecule has 2 aromatic carbocycles. The number of nitrogens with zero attached hydrogens (tertiary/aromatic N) is 1. The van der Waals surface area contributed by atoms with E-state index in [1.165, 1.54) is 6.07 Å². The molecule has 1 heterocycles. The zero-order chi connectivity index (χ0) is 18.5. The minimum absolute atomic E-state index is 0.0550. The average Bonchev–Trinajstić information content (AvgIpc) is 2.65. The van der Waals surface area contributed by atoms with Crippen LogP contribution in [0.15, 0.2) is 36.4 Å². The summed E-state index contributed by atoms with van der Waals surface area (Å²) < 4.78 is 20.1. The van der Waals surface area contributed by atoms with Gasteiger partial charge in [-0.25, -0.2) is 4.39 Å². The second-order valence-corrected chi connectivity index (χ2v) is 7.24. The Balaban J connectivity index is 1.87. The molecule has 0 saturated carbocycles. The largest absolute Gasteiger partial charge is 0.488 e. The molecule has 0 bridgehead atoms. The predicted octanol–water partition coefficient (Wildman–Crippen LogP) is 4.99. The lowest BCUT2D eigenvalue weighted by molar-refractivity contribution is 0.111. The molecule has 1 aliphatic rings. The maximum absolute atomic E-state index is 13.9. The zero-order valence-corrected chi connectivity index (χ0v) is 15.7. The smallest absolute Gasteiger partial charge is 0.144 e. The Bertz CT molecular complexity index is 816. The molecule has 1 aliphatic heterocycles. The van der Waals surface area contributed by atoms with E-state index in [0.717, 1.165) is 31.5 Å². The molecule has 1 atom stereocenters. The van der Waals surface area contributed by atoms with Gasteiger partial charge in [0.15, 0.2) is 0 Å². The Hall–Kier alpha value is -1.80. The van der Waals surface area contributed by atoms with Crippen LogP contribution in [0.1, 0.15) is 24.0 Å². The van der Waals surface area contributed by atoms with Crippen LogP contribution >= 0.6 is 23.2 Å². The quantitative estimate of drug-likeness (QED) is 0.778. The lowest BCUT2D eigenvalue weighted by Gasteiger charge is -2.31. The summed E-state index contributed by atoms with van der Waals surface area (Å²) >= 11 is 12.1. The van der Waals surface area contributed by atoms with Crippen molar-refractivity contribution in [3.63, 3.8) is 0 Å². The van der Waals surface area contributed by atoms with Crippen molar-refractivity contribution in [3.8, 4) is 11.8 Å². The van der Waals surface area contributed by atoms with Crippen molar-refractivity contribution in [2.24, 2.45) is 5.92 Å². The molecule has 3 nitrogen and oxygen atoms in total. The van der Waals surface area contributed by atoms with Gasteiger partial charge < -0.3 is 10.1 Å². The molecule has 1 saturated heterocycles. The van der Waals surface area contributed by atoms with E-state index < -0.39 is 5.82 Å². The number of nitriles is 1. The minimum atomic E-state index is -0.566. The maximum Gasteiger partial charge on any atom is 0.144 e. The van der Waals surface area contributed by atoms with Crippen LogP contribution in [0.4, 0.5) is 4.39 Å². The van der Waals surface area contributed by atoms with E-state index in [4.69, 9.17) is 27.9 Å². The molecule has 0 spiro atoms. The van der Waals surface area contributed by atoms with Crippen molar-refractivity contribution < 1.29 is 9.13 Å². The highest BCUT2D eigenvalue weighted by molar-refractivity contribution is 6.42. The van der Waals surface area contributed by atoms with E-state index in [9.17, 15) is 9.65 Å². The molecule has 136 valence electrons. The first-order chi connectivity index (χ1) is 12.6. The number of piperidine rings is 1. The van der Waals surface area contributed by atoms with Crippen molar-refractivity contribution >= 4 is 23.2 Å². The van der Waals surface area contributed by atoms with E-state index in [1.54, 1.807) is 18.2 Å². The summed E-state index contributed by atoms with van der Waals surface area (Å²) in [7, 11) is 0. The Morgan fingerprint density at radius 2 is 1.96 bits per heavy atom. The third kappa shape index (κ3) is 4.48. The average molecular weight is 393 g/mol. The van der Waals surface area contributed by atoms with Crippen LogP contribution in [-0.4, -0.2) is 19.2 Å². The number of hydrogen-bond acceptors (Lipinski definition) is 3. The monoisotopic (exact) mass is 392 g/mol. The van der Waals surface area contributed by atoms with Crippen LogP contribution in [0, 0.1) is 23.1 Å². The predicted molar refractivity (Wildman–Crippen MR) is 101 cm³/mol. The molecule has 0 aliphatic carbocycles. The molecule has 0 aromatic heterocycles. The fourth-order valence-corrected chi connectivity index (χ4v) is 3.61. The number of rotatable bonds is 5. The molecular weight excluding hydrogens is 374 g/mol. The normalized spacial score (nSPS) is 16.1. The first-order valence-electron chi connectivity index (χ1n) is 8.58. The maximum atomic E-state index is 13.9. The van der Waals surface area contributed by atoms with E-state index in [1.807, 2.05) is 18.2 Å². The van der Waals surface area contributed by atoms with Crippen molar-refractivity contribution in [2.75, 3.05) is 13.1 Å². The van der Waals surface area contributed by atoms with Crippen molar-refractivity contribution in [1.82, 2.24) is 5.32 Å². The van der Waals surface area contributed by atoms with Crippen molar-refractivity contribution in [2.45, 2.75) is 25.4 Å². The number of ether oxygens (including phenoxy) is 1. The van der Waals surface area contributed by atoms with Gasteiger partial charge in [-0.05, 0) is 61.7 Å². The van der Waals surface area contributed by atoms with Crippen LogP contribution in [0.25, 0.3) is 0 Å². The van der Waals surface area contributed by atoms with E-state index in [0.29, 0.717) is 22.4 Å². The summed E-state index contributed by atoms with van der Waals surface area (Å²) in [5, 5.41) is 13.6. The number of hydrogen-bond donors (Lipinski definition) is 1. The molecule has 0 radical (unpaired) electrons. The van der Waals surface area contributed by atoms with Crippen LogP contribution < -0.4 is 10.1 Å². The highest BCUT2D eigenvalue weighted by Crippen LogP contribution is 2.30. The molecular formula is C20H19Cl2FN2O. The van der Waals surface area contributed by atoms with E-state index in [2.05, 4.69) is 5.32 Å². The lowest BCUT2D eigenvalue weighted by atomic mass is 9.88. The molecule has 1 fully saturated rings. The fourth-order valence-electron chi connectivity index (χ4n) is 3.29. The van der Waals surface area contributed by atoms with Crippen LogP contribution in [0.5, 0.6) is 5.75 Å². The molecule has 1 N–H and O–H groups in total.